The van der Waals surface area contributed by atoms with Crippen LogP contribution in [0.25, 0.3) is 0 Å². The number of amides is 2. The number of benzene rings is 1. The molecular weight excluding hydrogens is 428 g/mol. The number of nitrogens with one attached hydrogen (secondary N) is 1. The van der Waals surface area contributed by atoms with Gasteiger partial charge in [-0.05, 0) is 42.2 Å². The van der Waals surface area contributed by atoms with Gasteiger partial charge >= 0.3 is 0 Å². The van der Waals surface area contributed by atoms with E-state index in [0.717, 1.165) is 22.4 Å². The number of ether oxygens (including phenoxy) is 2. The summed E-state index contributed by atoms with van der Waals surface area (Å²) < 4.78 is 10.8. The molecule has 8 nitrogen and oxygen atoms in total. The molecule has 2 amide bonds. The Kier molecular flexibility index (Phi) is 6.36. The lowest BCUT2D eigenvalue weighted by molar-refractivity contribution is 0.0727. The molecule has 1 aliphatic rings. The lowest BCUT2D eigenvalue weighted by Gasteiger charge is -2.31. The van der Waals surface area contributed by atoms with Crippen LogP contribution in [0.4, 0.5) is 0 Å². The molecule has 32 heavy (non-hydrogen) atoms. The first-order valence-electron chi connectivity index (χ1n) is 10.2. The molecular formula is C23H24N4O4S. The third-order valence-electron chi connectivity index (χ3n) is 5.61. The first-order chi connectivity index (χ1) is 15.5. The minimum atomic E-state index is -0.152. The number of carbonyl (C=O) groups is 2. The second-order valence-corrected chi connectivity index (χ2v) is 8.27. The van der Waals surface area contributed by atoms with Gasteiger partial charge in [0.1, 0.15) is 21.9 Å². The van der Waals surface area contributed by atoms with Crippen molar-refractivity contribution in [3.05, 3.63) is 68.9 Å². The molecule has 1 N–H and O–H groups in total. The fourth-order valence-electron chi connectivity index (χ4n) is 3.93. The summed E-state index contributed by atoms with van der Waals surface area (Å²) >= 11 is 1.30. The smallest absolute Gasteiger partial charge is 0.263 e. The number of hydrogen-bond donors (Lipinski definition) is 1. The first-order valence-corrected chi connectivity index (χ1v) is 11.0. The summed E-state index contributed by atoms with van der Waals surface area (Å²) in [5.41, 5.74) is 6.04. The normalized spacial score (nSPS) is 12.8. The van der Waals surface area contributed by atoms with Crippen molar-refractivity contribution in [3.8, 4) is 11.5 Å². The Morgan fingerprint density at radius 1 is 1.19 bits per heavy atom. The highest BCUT2D eigenvalue weighted by Crippen LogP contribution is 2.32. The predicted octanol–water partition coefficient (Wildman–Crippen LogP) is 2.99. The van der Waals surface area contributed by atoms with E-state index in [9.17, 15) is 9.59 Å². The third-order valence-corrected chi connectivity index (χ3v) is 6.38. The molecule has 166 valence electrons. The number of thiazole rings is 1. The summed E-state index contributed by atoms with van der Waals surface area (Å²) in [6.07, 6.45) is 4.05. The molecule has 0 aliphatic carbocycles. The van der Waals surface area contributed by atoms with E-state index >= 15 is 0 Å². The lowest BCUT2D eigenvalue weighted by Crippen LogP contribution is -2.37. The number of methoxy groups -OCH3 is 2. The van der Waals surface area contributed by atoms with Gasteiger partial charge in [0, 0.05) is 31.5 Å². The van der Waals surface area contributed by atoms with Crippen LogP contribution in [-0.2, 0) is 19.5 Å². The van der Waals surface area contributed by atoms with Crippen LogP contribution in [0.3, 0.4) is 0 Å². The summed E-state index contributed by atoms with van der Waals surface area (Å²) in [5, 5.41) is 2.96. The summed E-state index contributed by atoms with van der Waals surface area (Å²) in [7, 11) is 3.08. The largest absolute Gasteiger partial charge is 0.496 e. The van der Waals surface area contributed by atoms with Gasteiger partial charge in [-0.25, -0.2) is 0 Å². The summed E-state index contributed by atoms with van der Waals surface area (Å²) in [5.74, 6) is 0.660. The summed E-state index contributed by atoms with van der Waals surface area (Å²) in [6.45, 7) is 3.30. The first kappa shape index (κ1) is 21.8. The Labute approximate surface area is 190 Å². The zero-order chi connectivity index (χ0) is 22.7. The van der Waals surface area contributed by atoms with E-state index in [-0.39, 0.29) is 11.8 Å². The average molecular weight is 453 g/mol. The van der Waals surface area contributed by atoms with Gasteiger partial charge in [-0.1, -0.05) is 6.07 Å². The van der Waals surface area contributed by atoms with Gasteiger partial charge in [0.05, 0.1) is 25.9 Å². The zero-order valence-electron chi connectivity index (χ0n) is 18.2. The molecule has 3 heterocycles. The molecule has 0 radical (unpaired) electrons. The number of rotatable bonds is 6. The van der Waals surface area contributed by atoms with Crippen molar-refractivity contribution in [3.63, 3.8) is 0 Å². The van der Waals surface area contributed by atoms with Gasteiger partial charge in [-0.2, -0.15) is 0 Å². The van der Waals surface area contributed by atoms with E-state index in [2.05, 4.69) is 15.3 Å². The highest BCUT2D eigenvalue weighted by atomic mass is 32.1. The monoisotopic (exact) mass is 452 g/mol. The highest BCUT2D eigenvalue weighted by Gasteiger charge is 2.28. The molecule has 0 spiro atoms. The van der Waals surface area contributed by atoms with Gasteiger partial charge in [-0.3, -0.25) is 19.6 Å². The third kappa shape index (κ3) is 4.16. The van der Waals surface area contributed by atoms with E-state index in [1.54, 1.807) is 34.8 Å². The Morgan fingerprint density at radius 2 is 1.94 bits per heavy atom. The molecule has 3 aromatic rings. The van der Waals surface area contributed by atoms with Crippen LogP contribution in [0.5, 0.6) is 11.5 Å². The summed E-state index contributed by atoms with van der Waals surface area (Å²) in [6, 6.07) is 5.30. The molecule has 0 unspecified atom stereocenters. The number of pyridine rings is 1. The molecule has 4 rings (SSSR count). The van der Waals surface area contributed by atoms with Gasteiger partial charge in [0.15, 0.2) is 0 Å². The second-order valence-electron chi connectivity index (χ2n) is 7.39. The Hall–Kier alpha value is -3.46. The van der Waals surface area contributed by atoms with Crippen LogP contribution in [-0.4, -0.2) is 47.4 Å². The van der Waals surface area contributed by atoms with E-state index in [1.807, 2.05) is 13.1 Å². The average Bonchev–Trinajstić information content (AvgIpc) is 3.37. The predicted molar refractivity (Wildman–Crippen MR) is 120 cm³/mol. The van der Waals surface area contributed by atoms with Gasteiger partial charge in [-0.15, -0.1) is 11.3 Å². The van der Waals surface area contributed by atoms with Crippen LogP contribution in [0.1, 0.15) is 42.4 Å². The maximum absolute atomic E-state index is 13.4. The maximum Gasteiger partial charge on any atom is 0.263 e. The SMILES string of the molecule is COc1cccc(OC)c1C(=O)N1CCc2c(cnc(C)c2CNC(=O)c2cncs2)C1. The number of hydrogen-bond acceptors (Lipinski definition) is 7. The Morgan fingerprint density at radius 3 is 2.59 bits per heavy atom. The van der Waals surface area contributed by atoms with Crippen molar-refractivity contribution in [2.75, 3.05) is 20.8 Å². The van der Waals surface area contributed by atoms with Gasteiger partial charge < -0.3 is 19.7 Å². The Bertz CT molecular complexity index is 1120. The van der Waals surface area contributed by atoms with Crippen molar-refractivity contribution in [1.82, 2.24) is 20.2 Å². The lowest BCUT2D eigenvalue weighted by atomic mass is 9.94. The van der Waals surface area contributed by atoms with E-state index in [1.165, 1.54) is 25.6 Å². The van der Waals surface area contributed by atoms with E-state index in [4.69, 9.17) is 9.47 Å². The standard InChI is InChI=1S/C23H24N4O4S/c1-14-17(10-26-22(28)20-11-24-13-32-20)16-7-8-27(12-15(16)9-25-14)23(29)21-18(30-2)5-4-6-19(21)31-3/h4-6,9,11,13H,7-8,10,12H2,1-3H3,(H,26,28). The molecule has 2 aromatic heterocycles. The van der Waals surface area contributed by atoms with Crippen molar-refractivity contribution < 1.29 is 19.1 Å². The van der Waals surface area contributed by atoms with Gasteiger partial charge in [0.2, 0.25) is 0 Å². The maximum atomic E-state index is 13.4. The van der Waals surface area contributed by atoms with Crippen molar-refractivity contribution in [2.24, 2.45) is 0 Å². The molecule has 9 heteroatoms. The quantitative estimate of drug-likeness (QED) is 0.618. The minimum absolute atomic E-state index is 0.148. The molecule has 0 saturated heterocycles. The topological polar surface area (TPSA) is 93.7 Å². The summed E-state index contributed by atoms with van der Waals surface area (Å²) in [4.78, 5) is 36.5. The molecule has 0 bridgehead atoms. The fraction of sp³-hybridized carbons (Fsp3) is 0.304. The number of aromatic nitrogens is 2. The van der Waals surface area contributed by atoms with Crippen LogP contribution in [0, 0.1) is 6.92 Å². The van der Waals surface area contributed by atoms with E-state index in [0.29, 0.717) is 48.0 Å². The van der Waals surface area contributed by atoms with Gasteiger partial charge in [0.25, 0.3) is 11.8 Å². The van der Waals surface area contributed by atoms with Crippen LogP contribution in [0.2, 0.25) is 0 Å². The van der Waals surface area contributed by atoms with Crippen LogP contribution < -0.4 is 14.8 Å². The Balaban J connectivity index is 1.56. The second kappa shape index (κ2) is 9.35. The number of nitrogens with zero attached hydrogens (tertiary/aromatic N) is 3. The number of aryl methyl sites for hydroxylation is 1. The molecule has 0 fully saturated rings. The zero-order valence-corrected chi connectivity index (χ0v) is 19.0. The fourth-order valence-corrected chi connectivity index (χ4v) is 4.47. The van der Waals surface area contributed by atoms with Crippen molar-refractivity contribution >= 4 is 23.2 Å². The van der Waals surface area contributed by atoms with Crippen LogP contribution in [0.15, 0.2) is 36.1 Å². The number of fused-ring (bicyclic) bond motifs is 1. The van der Waals surface area contributed by atoms with Crippen LogP contribution >= 0.6 is 11.3 Å². The van der Waals surface area contributed by atoms with Crippen molar-refractivity contribution in [1.29, 1.82) is 0 Å². The van der Waals surface area contributed by atoms with Crippen molar-refractivity contribution in [2.45, 2.75) is 26.4 Å². The van der Waals surface area contributed by atoms with E-state index < -0.39 is 0 Å². The molecule has 0 atom stereocenters. The highest BCUT2D eigenvalue weighted by molar-refractivity contribution is 7.11. The molecule has 1 aromatic carbocycles. The number of carbonyl (C=O) groups excluding carboxylic acids is 2. The molecule has 1 aliphatic heterocycles. The molecule has 0 saturated carbocycles. The minimum Gasteiger partial charge on any atom is -0.496 e.